The first-order chi connectivity index (χ1) is 11.5. The van der Waals surface area contributed by atoms with E-state index in [-0.39, 0.29) is 0 Å². The number of nitrogens with zero attached hydrogens (tertiary/aromatic N) is 1. The molecular weight excluding hydrogens is 308 g/mol. The summed E-state index contributed by atoms with van der Waals surface area (Å²) in [5, 5.41) is 2.57. The average Bonchev–Trinajstić information content (AvgIpc) is 2.62. The van der Waals surface area contributed by atoms with E-state index in [1.165, 1.54) is 19.1 Å². The number of benzene rings is 2. The van der Waals surface area contributed by atoms with Crippen molar-refractivity contribution in [3.63, 3.8) is 0 Å². The Labute approximate surface area is 141 Å². The molecule has 0 aromatic heterocycles. The molecule has 0 saturated carbocycles. The van der Waals surface area contributed by atoms with Crippen molar-refractivity contribution in [2.45, 2.75) is 6.54 Å². The topological polar surface area (TPSA) is 67.9 Å². The molecule has 0 aliphatic heterocycles. The van der Waals surface area contributed by atoms with E-state index >= 15 is 0 Å². The van der Waals surface area contributed by atoms with Crippen LogP contribution in [0.3, 0.4) is 0 Å². The molecule has 1 N–H and O–H groups in total. The van der Waals surface area contributed by atoms with Crippen LogP contribution < -0.4 is 14.8 Å². The van der Waals surface area contributed by atoms with E-state index in [0.717, 1.165) is 5.56 Å². The lowest BCUT2D eigenvalue weighted by molar-refractivity contribution is -0.142. The largest absolute Gasteiger partial charge is 0.497 e. The summed E-state index contributed by atoms with van der Waals surface area (Å²) in [7, 11) is 4.60. The van der Waals surface area contributed by atoms with Gasteiger partial charge in [0.1, 0.15) is 11.5 Å². The smallest absolute Gasteiger partial charge is 0.314 e. The summed E-state index contributed by atoms with van der Waals surface area (Å²) in [5.74, 6) is -0.341. The number of methoxy groups -OCH3 is 2. The van der Waals surface area contributed by atoms with Crippen molar-refractivity contribution in [2.75, 3.05) is 26.6 Å². The maximum Gasteiger partial charge on any atom is 0.314 e. The van der Waals surface area contributed by atoms with Crippen molar-refractivity contribution in [3.05, 3.63) is 54.1 Å². The van der Waals surface area contributed by atoms with Gasteiger partial charge in [-0.15, -0.1) is 0 Å². The number of ether oxygens (including phenoxy) is 2. The summed E-state index contributed by atoms with van der Waals surface area (Å²) in [6.45, 7) is 0.354. The Morgan fingerprint density at radius 1 is 1.04 bits per heavy atom. The predicted molar refractivity (Wildman–Crippen MR) is 91.1 cm³/mol. The van der Waals surface area contributed by atoms with E-state index in [0.29, 0.717) is 23.7 Å². The zero-order valence-corrected chi connectivity index (χ0v) is 13.9. The molecule has 2 aromatic rings. The molecule has 0 unspecified atom stereocenters. The summed E-state index contributed by atoms with van der Waals surface area (Å²) < 4.78 is 10.3. The fraction of sp³-hybridized carbons (Fsp3) is 0.222. The Kier molecular flexibility index (Phi) is 5.78. The van der Waals surface area contributed by atoms with Crippen LogP contribution in [0.15, 0.2) is 48.5 Å². The highest BCUT2D eigenvalue weighted by Gasteiger charge is 2.20. The number of likely N-dealkylation sites (N-methyl/N-ethyl adjacent to an activating group) is 1. The van der Waals surface area contributed by atoms with E-state index in [2.05, 4.69) is 5.32 Å². The minimum atomic E-state index is -0.725. The molecule has 24 heavy (non-hydrogen) atoms. The average molecular weight is 328 g/mol. The number of amides is 2. The molecule has 0 spiro atoms. The number of carbonyl (C=O) groups is 2. The maximum absolute atomic E-state index is 12.2. The number of carbonyl (C=O) groups excluding carboxylic acids is 2. The van der Waals surface area contributed by atoms with Crippen LogP contribution >= 0.6 is 0 Å². The molecule has 0 radical (unpaired) electrons. The predicted octanol–water partition coefficient (Wildman–Crippen LogP) is 2.30. The lowest BCUT2D eigenvalue weighted by Gasteiger charge is -2.17. The summed E-state index contributed by atoms with van der Waals surface area (Å²) in [5.41, 5.74) is 1.35. The van der Waals surface area contributed by atoms with Gasteiger partial charge in [-0.05, 0) is 17.7 Å². The van der Waals surface area contributed by atoms with Gasteiger partial charge in [-0.2, -0.15) is 0 Å². The molecule has 6 nitrogen and oxygen atoms in total. The van der Waals surface area contributed by atoms with Crippen LogP contribution in [0, 0.1) is 0 Å². The Morgan fingerprint density at radius 2 is 1.75 bits per heavy atom. The third-order valence-electron chi connectivity index (χ3n) is 3.46. The quantitative estimate of drug-likeness (QED) is 0.855. The maximum atomic E-state index is 12.2. The molecule has 0 heterocycles. The normalized spacial score (nSPS) is 9.96. The van der Waals surface area contributed by atoms with E-state index < -0.39 is 11.8 Å². The highest BCUT2D eigenvalue weighted by molar-refractivity contribution is 6.39. The molecule has 0 aliphatic rings. The van der Waals surface area contributed by atoms with E-state index in [1.807, 2.05) is 30.3 Å². The third kappa shape index (κ3) is 4.25. The Bertz CT molecular complexity index is 716. The van der Waals surface area contributed by atoms with Crippen molar-refractivity contribution < 1.29 is 19.1 Å². The van der Waals surface area contributed by atoms with Gasteiger partial charge in [0, 0.05) is 19.7 Å². The van der Waals surface area contributed by atoms with Gasteiger partial charge in [0.2, 0.25) is 0 Å². The molecule has 0 atom stereocenters. The first-order valence-corrected chi connectivity index (χ1v) is 7.37. The van der Waals surface area contributed by atoms with Crippen molar-refractivity contribution in [1.82, 2.24) is 4.90 Å². The summed E-state index contributed by atoms with van der Waals surface area (Å²) in [6.07, 6.45) is 0. The molecular formula is C18H20N2O4. The molecule has 0 aliphatic carbocycles. The van der Waals surface area contributed by atoms with Gasteiger partial charge in [0.25, 0.3) is 0 Å². The summed E-state index contributed by atoms with van der Waals surface area (Å²) >= 11 is 0. The molecule has 0 fully saturated rings. The van der Waals surface area contributed by atoms with Gasteiger partial charge in [-0.1, -0.05) is 30.3 Å². The molecule has 0 saturated heterocycles. The minimum absolute atomic E-state index is 0.354. The number of hydrogen-bond acceptors (Lipinski definition) is 4. The summed E-state index contributed by atoms with van der Waals surface area (Å²) in [6, 6.07) is 14.4. The van der Waals surface area contributed by atoms with Crippen LogP contribution in [0.5, 0.6) is 11.5 Å². The van der Waals surface area contributed by atoms with Crippen LogP contribution in [0.4, 0.5) is 5.69 Å². The molecule has 2 aromatic carbocycles. The standard InChI is InChI=1S/C18H20N2O4/c1-20(12-13-7-5-4-6-8-13)18(22)17(21)19-15-10-9-14(23-2)11-16(15)24-3/h4-11H,12H2,1-3H3,(H,19,21). The van der Waals surface area contributed by atoms with Crippen LogP contribution in [0.2, 0.25) is 0 Å². The SMILES string of the molecule is COc1ccc(NC(=O)C(=O)N(C)Cc2ccccc2)c(OC)c1. The van der Waals surface area contributed by atoms with Gasteiger partial charge >= 0.3 is 11.8 Å². The van der Waals surface area contributed by atoms with Crippen LogP contribution in [0.1, 0.15) is 5.56 Å². The zero-order valence-electron chi connectivity index (χ0n) is 13.9. The molecule has 0 bridgehead atoms. The van der Waals surface area contributed by atoms with Crippen molar-refractivity contribution in [3.8, 4) is 11.5 Å². The highest BCUT2D eigenvalue weighted by atomic mass is 16.5. The highest BCUT2D eigenvalue weighted by Crippen LogP contribution is 2.28. The minimum Gasteiger partial charge on any atom is -0.497 e. The second-order valence-electron chi connectivity index (χ2n) is 5.17. The Hall–Kier alpha value is -3.02. The molecule has 126 valence electrons. The fourth-order valence-corrected chi connectivity index (χ4v) is 2.18. The first-order valence-electron chi connectivity index (χ1n) is 7.37. The second kappa shape index (κ2) is 8.01. The van der Waals surface area contributed by atoms with Gasteiger partial charge in [0.15, 0.2) is 0 Å². The van der Waals surface area contributed by atoms with Gasteiger partial charge in [0.05, 0.1) is 19.9 Å². The van der Waals surface area contributed by atoms with Gasteiger partial charge in [-0.3, -0.25) is 9.59 Å². The van der Waals surface area contributed by atoms with Gasteiger partial charge < -0.3 is 19.7 Å². The first kappa shape index (κ1) is 17.3. The molecule has 2 amide bonds. The Morgan fingerprint density at radius 3 is 2.38 bits per heavy atom. The van der Waals surface area contributed by atoms with E-state index in [4.69, 9.17) is 9.47 Å². The molecule has 2 rings (SSSR count). The van der Waals surface area contributed by atoms with E-state index in [1.54, 1.807) is 25.2 Å². The summed E-state index contributed by atoms with van der Waals surface area (Å²) in [4.78, 5) is 25.8. The molecule has 6 heteroatoms. The van der Waals surface area contributed by atoms with Crippen LogP contribution in [0.25, 0.3) is 0 Å². The van der Waals surface area contributed by atoms with Gasteiger partial charge in [-0.25, -0.2) is 0 Å². The fourth-order valence-electron chi connectivity index (χ4n) is 2.18. The van der Waals surface area contributed by atoms with Crippen molar-refractivity contribution >= 4 is 17.5 Å². The number of nitrogens with one attached hydrogen (secondary N) is 1. The van der Waals surface area contributed by atoms with E-state index in [9.17, 15) is 9.59 Å². The monoisotopic (exact) mass is 328 g/mol. The van der Waals surface area contributed by atoms with Crippen molar-refractivity contribution in [1.29, 1.82) is 0 Å². The van der Waals surface area contributed by atoms with Crippen molar-refractivity contribution in [2.24, 2.45) is 0 Å². The van der Waals surface area contributed by atoms with Crippen LogP contribution in [-0.4, -0.2) is 38.0 Å². The zero-order chi connectivity index (χ0) is 17.5. The second-order valence-corrected chi connectivity index (χ2v) is 5.17. The lowest BCUT2D eigenvalue weighted by atomic mass is 10.2. The number of rotatable bonds is 5. The van der Waals surface area contributed by atoms with Crippen LogP contribution in [-0.2, 0) is 16.1 Å². The number of hydrogen-bond donors (Lipinski definition) is 1. The lowest BCUT2D eigenvalue weighted by Crippen LogP contribution is -2.36. The Balaban J connectivity index is 2.04. The third-order valence-corrected chi connectivity index (χ3v) is 3.46. The number of anilines is 1.